The highest BCUT2D eigenvalue weighted by atomic mass is 16.5. The van der Waals surface area contributed by atoms with Crippen LogP contribution in [-0.2, 0) is 9.59 Å². The standard InChI is InChI=1S/C13H17NO4/c1-3-11(13(16)17)14-12(15)8-18-10-6-4-9(2)5-7-10/h4-7,11H,3,8H2,1-2H3,(H,14,15)(H,16,17). The molecule has 0 fully saturated rings. The lowest BCUT2D eigenvalue weighted by molar-refractivity contribution is -0.142. The summed E-state index contributed by atoms with van der Waals surface area (Å²) in [5.41, 5.74) is 1.10. The quantitative estimate of drug-likeness (QED) is 0.800. The van der Waals surface area contributed by atoms with E-state index in [1.54, 1.807) is 19.1 Å². The number of rotatable bonds is 6. The summed E-state index contributed by atoms with van der Waals surface area (Å²) < 4.78 is 5.24. The van der Waals surface area contributed by atoms with E-state index in [1.165, 1.54) is 0 Å². The number of carboxylic acids is 1. The minimum absolute atomic E-state index is 0.188. The van der Waals surface area contributed by atoms with Crippen LogP contribution in [0.15, 0.2) is 24.3 Å². The number of ether oxygens (including phenoxy) is 1. The predicted octanol–water partition coefficient (Wildman–Crippen LogP) is 1.35. The van der Waals surface area contributed by atoms with Crippen molar-refractivity contribution < 1.29 is 19.4 Å². The largest absolute Gasteiger partial charge is 0.484 e. The minimum atomic E-state index is -1.04. The van der Waals surface area contributed by atoms with Gasteiger partial charge in [0, 0.05) is 0 Å². The number of aryl methyl sites for hydroxylation is 1. The van der Waals surface area contributed by atoms with Crippen molar-refractivity contribution in [2.75, 3.05) is 6.61 Å². The molecule has 0 saturated carbocycles. The maximum Gasteiger partial charge on any atom is 0.326 e. The fourth-order valence-electron chi connectivity index (χ4n) is 1.36. The first-order valence-corrected chi connectivity index (χ1v) is 5.74. The summed E-state index contributed by atoms with van der Waals surface area (Å²) in [6, 6.07) is 6.41. The Balaban J connectivity index is 2.41. The Morgan fingerprint density at radius 3 is 2.44 bits per heavy atom. The number of carboxylic acid groups (broad SMARTS) is 1. The summed E-state index contributed by atoms with van der Waals surface area (Å²) in [6.45, 7) is 3.46. The summed E-state index contributed by atoms with van der Waals surface area (Å²) in [7, 11) is 0. The molecule has 0 radical (unpaired) electrons. The number of aliphatic carboxylic acids is 1. The van der Waals surface area contributed by atoms with Gasteiger partial charge in [-0.25, -0.2) is 4.79 Å². The van der Waals surface area contributed by atoms with E-state index in [-0.39, 0.29) is 6.61 Å². The number of hydrogen-bond acceptors (Lipinski definition) is 3. The summed E-state index contributed by atoms with van der Waals surface area (Å²) in [6.07, 6.45) is 0.339. The maximum atomic E-state index is 11.5. The normalized spacial score (nSPS) is 11.7. The highest BCUT2D eigenvalue weighted by Crippen LogP contribution is 2.10. The van der Waals surface area contributed by atoms with Gasteiger partial charge in [0.25, 0.3) is 5.91 Å². The third kappa shape index (κ3) is 4.45. The van der Waals surface area contributed by atoms with Crippen LogP contribution in [0.25, 0.3) is 0 Å². The number of nitrogens with one attached hydrogen (secondary N) is 1. The topological polar surface area (TPSA) is 75.6 Å². The summed E-state index contributed by atoms with van der Waals surface area (Å²) in [5, 5.41) is 11.2. The van der Waals surface area contributed by atoms with Crippen molar-refractivity contribution in [2.45, 2.75) is 26.3 Å². The van der Waals surface area contributed by atoms with Gasteiger partial charge in [-0.1, -0.05) is 24.6 Å². The molecule has 1 aromatic rings. The van der Waals surface area contributed by atoms with Crippen LogP contribution in [0.4, 0.5) is 0 Å². The third-order valence-corrected chi connectivity index (χ3v) is 2.43. The number of benzene rings is 1. The lowest BCUT2D eigenvalue weighted by Crippen LogP contribution is -2.42. The Bertz CT molecular complexity index is 414. The van der Waals surface area contributed by atoms with Crippen molar-refractivity contribution >= 4 is 11.9 Å². The molecule has 1 unspecified atom stereocenters. The van der Waals surface area contributed by atoms with Crippen LogP contribution < -0.4 is 10.1 Å². The van der Waals surface area contributed by atoms with E-state index < -0.39 is 17.9 Å². The monoisotopic (exact) mass is 251 g/mol. The van der Waals surface area contributed by atoms with Crippen molar-refractivity contribution in [3.8, 4) is 5.75 Å². The molecule has 98 valence electrons. The predicted molar refractivity (Wildman–Crippen MR) is 66.5 cm³/mol. The highest BCUT2D eigenvalue weighted by Gasteiger charge is 2.17. The Morgan fingerprint density at radius 2 is 1.94 bits per heavy atom. The van der Waals surface area contributed by atoms with E-state index in [0.29, 0.717) is 12.2 Å². The SMILES string of the molecule is CCC(NC(=O)COc1ccc(C)cc1)C(=O)O. The first-order valence-electron chi connectivity index (χ1n) is 5.74. The number of carbonyl (C=O) groups is 2. The molecular formula is C13H17NO4. The van der Waals surface area contributed by atoms with Crippen molar-refractivity contribution in [2.24, 2.45) is 0 Å². The molecule has 0 aliphatic carbocycles. The fourth-order valence-corrected chi connectivity index (χ4v) is 1.36. The van der Waals surface area contributed by atoms with Gasteiger partial charge in [-0.2, -0.15) is 0 Å². The molecule has 2 N–H and O–H groups in total. The molecule has 1 amide bonds. The van der Waals surface area contributed by atoms with E-state index in [1.807, 2.05) is 19.1 Å². The molecular weight excluding hydrogens is 234 g/mol. The zero-order chi connectivity index (χ0) is 13.5. The van der Waals surface area contributed by atoms with E-state index in [2.05, 4.69) is 5.32 Å². The summed E-state index contributed by atoms with van der Waals surface area (Å²) in [4.78, 5) is 22.2. The molecule has 1 atom stereocenters. The molecule has 18 heavy (non-hydrogen) atoms. The summed E-state index contributed by atoms with van der Waals surface area (Å²) in [5.74, 6) is -0.898. The molecule has 0 aliphatic heterocycles. The minimum Gasteiger partial charge on any atom is -0.484 e. The van der Waals surface area contributed by atoms with Gasteiger partial charge in [0.2, 0.25) is 0 Å². The number of amides is 1. The average molecular weight is 251 g/mol. The lowest BCUT2D eigenvalue weighted by atomic mass is 10.2. The van der Waals surface area contributed by atoms with Gasteiger partial charge in [0.1, 0.15) is 11.8 Å². The molecule has 0 aromatic heterocycles. The van der Waals surface area contributed by atoms with Gasteiger partial charge in [-0.3, -0.25) is 4.79 Å². The molecule has 0 saturated heterocycles. The second-order valence-electron chi connectivity index (χ2n) is 3.97. The van der Waals surface area contributed by atoms with Crippen LogP contribution in [0.2, 0.25) is 0 Å². The van der Waals surface area contributed by atoms with E-state index in [4.69, 9.17) is 9.84 Å². The van der Waals surface area contributed by atoms with Crippen LogP contribution in [0.3, 0.4) is 0 Å². The average Bonchev–Trinajstić information content (AvgIpc) is 2.35. The molecule has 0 aliphatic rings. The molecule has 0 spiro atoms. The Kier molecular flexibility index (Phi) is 5.17. The fraction of sp³-hybridized carbons (Fsp3) is 0.385. The van der Waals surface area contributed by atoms with Gasteiger partial charge in [0.15, 0.2) is 6.61 Å². The van der Waals surface area contributed by atoms with Gasteiger partial charge in [0.05, 0.1) is 0 Å². The van der Waals surface area contributed by atoms with Crippen molar-refractivity contribution in [3.05, 3.63) is 29.8 Å². The van der Waals surface area contributed by atoms with Crippen LogP contribution >= 0.6 is 0 Å². The molecule has 5 nitrogen and oxygen atoms in total. The first kappa shape index (κ1) is 14.0. The number of hydrogen-bond donors (Lipinski definition) is 2. The zero-order valence-electron chi connectivity index (χ0n) is 10.5. The molecule has 1 rings (SSSR count). The van der Waals surface area contributed by atoms with Gasteiger partial charge >= 0.3 is 5.97 Å². The van der Waals surface area contributed by atoms with E-state index in [0.717, 1.165) is 5.56 Å². The van der Waals surface area contributed by atoms with Crippen LogP contribution in [0.5, 0.6) is 5.75 Å². The smallest absolute Gasteiger partial charge is 0.326 e. The number of carbonyl (C=O) groups excluding carboxylic acids is 1. The highest BCUT2D eigenvalue weighted by molar-refractivity contribution is 5.84. The second-order valence-corrected chi connectivity index (χ2v) is 3.97. The van der Waals surface area contributed by atoms with Crippen molar-refractivity contribution in [1.82, 2.24) is 5.32 Å². The first-order chi connectivity index (χ1) is 8.52. The van der Waals surface area contributed by atoms with Crippen molar-refractivity contribution in [1.29, 1.82) is 0 Å². The Morgan fingerprint density at radius 1 is 1.33 bits per heavy atom. The maximum absolute atomic E-state index is 11.5. The third-order valence-electron chi connectivity index (χ3n) is 2.43. The zero-order valence-corrected chi connectivity index (χ0v) is 10.5. The molecule has 0 heterocycles. The van der Waals surface area contributed by atoms with Gasteiger partial charge < -0.3 is 15.2 Å². The van der Waals surface area contributed by atoms with Crippen LogP contribution in [0, 0.1) is 6.92 Å². The van der Waals surface area contributed by atoms with Gasteiger partial charge in [-0.05, 0) is 25.5 Å². The summed E-state index contributed by atoms with van der Waals surface area (Å²) >= 11 is 0. The van der Waals surface area contributed by atoms with Crippen molar-refractivity contribution in [3.63, 3.8) is 0 Å². The van der Waals surface area contributed by atoms with Gasteiger partial charge in [-0.15, -0.1) is 0 Å². The molecule has 5 heteroatoms. The van der Waals surface area contributed by atoms with Crippen LogP contribution in [0.1, 0.15) is 18.9 Å². The van der Waals surface area contributed by atoms with E-state index >= 15 is 0 Å². The molecule has 1 aromatic carbocycles. The second kappa shape index (κ2) is 6.64. The lowest BCUT2D eigenvalue weighted by Gasteiger charge is -2.12. The Labute approximate surface area is 106 Å². The van der Waals surface area contributed by atoms with Crippen LogP contribution in [-0.4, -0.2) is 29.6 Å². The Hall–Kier alpha value is -2.04. The van der Waals surface area contributed by atoms with E-state index in [9.17, 15) is 9.59 Å². The molecule has 0 bridgehead atoms.